The van der Waals surface area contributed by atoms with Gasteiger partial charge in [-0.1, -0.05) is 53.3 Å². The van der Waals surface area contributed by atoms with E-state index in [4.69, 9.17) is 16.7 Å². The summed E-state index contributed by atoms with van der Waals surface area (Å²) in [4.78, 5) is 28.5. The molecule has 1 aliphatic rings. The first-order chi connectivity index (χ1) is 15.4. The van der Waals surface area contributed by atoms with E-state index in [2.05, 4.69) is 10.3 Å². The molecule has 7 nitrogen and oxygen atoms in total. The van der Waals surface area contributed by atoms with Gasteiger partial charge in [0.25, 0.3) is 0 Å². The monoisotopic (exact) mass is 464 g/mol. The lowest BCUT2D eigenvalue weighted by molar-refractivity contribution is -0.114. The van der Waals surface area contributed by atoms with Gasteiger partial charge >= 0.3 is 5.97 Å². The lowest BCUT2D eigenvalue weighted by atomic mass is 9.95. The van der Waals surface area contributed by atoms with Crippen LogP contribution >= 0.6 is 22.9 Å². The molecule has 0 saturated carbocycles. The Hall–Kier alpha value is -3.49. The molecular weight excluding hydrogens is 448 g/mol. The second kappa shape index (κ2) is 7.89. The summed E-state index contributed by atoms with van der Waals surface area (Å²) < 4.78 is 1.79. The number of halogens is 1. The minimum Gasteiger partial charge on any atom is -0.478 e. The van der Waals surface area contributed by atoms with E-state index >= 15 is 0 Å². The summed E-state index contributed by atoms with van der Waals surface area (Å²) in [6.45, 7) is 1.45. The number of rotatable bonds is 4. The van der Waals surface area contributed by atoms with Crippen LogP contribution in [0, 0.1) is 0 Å². The van der Waals surface area contributed by atoms with Crippen LogP contribution in [-0.4, -0.2) is 31.7 Å². The Morgan fingerprint density at radius 1 is 1.16 bits per heavy atom. The van der Waals surface area contributed by atoms with E-state index in [1.807, 2.05) is 30.3 Å². The Kier molecular flexibility index (Phi) is 5.03. The number of carbonyl (C=O) groups excluding carboxylic acids is 1. The van der Waals surface area contributed by atoms with Gasteiger partial charge in [0.1, 0.15) is 0 Å². The molecule has 2 aromatic carbocycles. The van der Waals surface area contributed by atoms with Gasteiger partial charge in [0.2, 0.25) is 5.91 Å². The highest BCUT2D eigenvalue weighted by Gasteiger charge is 2.30. The number of anilines is 1. The number of aromatic nitrogens is 3. The summed E-state index contributed by atoms with van der Waals surface area (Å²) in [5, 5.41) is 17.7. The van der Waals surface area contributed by atoms with E-state index in [1.165, 1.54) is 24.3 Å². The van der Waals surface area contributed by atoms with Crippen molar-refractivity contribution in [3.8, 4) is 27.5 Å². The molecule has 4 aromatic rings. The van der Waals surface area contributed by atoms with Gasteiger partial charge in [-0.3, -0.25) is 4.79 Å². The van der Waals surface area contributed by atoms with Crippen LogP contribution in [0.2, 0.25) is 5.02 Å². The molecule has 0 saturated heterocycles. The predicted octanol–water partition coefficient (Wildman–Crippen LogP) is 5.07. The number of amides is 1. The SMILES string of the molecule is CC(=O)Nc1nc2c(s1)-c1c(c(-c3ccccc3)nn1-c1ccc(C(=O)O)c(Cl)c1)CC2. The van der Waals surface area contributed by atoms with Gasteiger partial charge in [-0.2, -0.15) is 5.10 Å². The highest BCUT2D eigenvalue weighted by Crippen LogP contribution is 2.44. The zero-order valence-electron chi connectivity index (χ0n) is 16.9. The summed E-state index contributed by atoms with van der Waals surface area (Å²) in [6.07, 6.45) is 1.49. The molecule has 32 heavy (non-hydrogen) atoms. The average molecular weight is 465 g/mol. The van der Waals surface area contributed by atoms with Crippen LogP contribution in [0.1, 0.15) is 28.5 Å². The van der Waals surface area contributed by atoms with Gasteiger partial charge in [0.15, 0.2) is 5.13 Å². The number of aryl methyl sites for hydroxylation is 1. The number of fused-ring (bicyclic) bond motifs is 3. The Morgan fingerprint density at radius 2 is 1.94 bits per heavy atom. The number of aromatic carboxylic acids is 1. The number of hydrogen-bond donors (Lipinski definition) is 2. The molecule has 0 fully saturated rings. The quantitative estimate of drug-likeness (QED) is 0.439. The van der Waals surface area contributed by atoms with Gasteiger partial charge in [0, 0.05) is 18.1 Å². The Labute approximate surface area is 192 Å². The van der Waals surface area contributed by atoms with Crippen molar-refractivity contribution >= 4 is 39.9 Å². The highest BCUT2D eigenvalue weighted by atomic mass is 35.5. The Balaban J connectivity index is 1.74. The molecule has 9 heteroatoms. The number of carboxylic acid groups (broad SMARTS) is 1. The molecule has 0 spiro atoms. The van der Waals surface area contributed by atoms with Crippen LogP contribution < -0.4 is 5.32 Å². The van der Waals surface area contributed by atoms with Gasteiger partial charge in [0.05, 0.1) is 38.2 Å². The summed E-state index contributed by atoms with van der Waals surface area (Å²) in [5.74, 6) is -1.26. The molecule has 2 aromatic heterocycles. The summed E-state index contributed by atoms with van der Waals surface area (Å²) >= 11 is 7.67. The van der Waals surface area contributed by atoms with Gasteiger partial charge in [-0.15, -0.1) is 0 Å². The van der Waals surface area contributed by atoms with Crippen molar-refractivity contribution in [2.75, 3.05) is 5.32 Å². The lowest BCUT2D eigenvalue weighted by Crippen LogP contribution is -2.07. The van der Waals surface area contributed by atoms with Crippen molar-refractivity contribution in [3.05, 3.63) is 70.4 Å². The third-order valence-electron chi connectivity index (χ3n) is 5.27. The van der Waals surface area contributed by atoms with E-state index in [9.17, 15) is 14.7 Å². The summed E-state index contributed by atoms with van der Waals surface area (Å²) in [5.41, 5.74) is 5.41. The van der Waals surface area contributed by atoms with Crippen LogP contribution in [0.25, 0.3) is 27.5 Å². The Morgan fingerprint density at radius 3 is 2.62 bits per heavy atom. The van der Waals surface area contributed by atoms with E-state index in [1.54, 1.807) is 16.8 Å². The van der Waals surface area contributed by atoms with Crippen molar-refractivity contribution in [1.29, 1.82) is 0 Å². The van der Waals surface area contributed by atoms with Crippen LogP contribution in [-0.2, 0) is 17.6 Å². The first kappa shape index (κ1) is 20.4. The standard InChI is InChI=1S/C23H17ClN4O3S/c1-12(29)25-23-26-18-10-9-16-19(13-5-3-2-4-6-13)27-28(20(16)21(18)32-23)14-7-8-15(22(30)31)17(24)11-14/h2-8,11H,9-10H2,1H3,(H,30,31)(H,25,26,29). The fourth-order valence-electron chi connectivity index (χ4n) is 3.90. The summed E-state index contributed by atoms with van der Waals surface area (Å²) in [6, 6.07) is 14.7. The molecule has 0 atom stereocenters. The maximum atomic E-state index is 11.5. The molecule has 1 amide bonds. The zero-order valence-corrected chi connectivity index (χ0v) is 18.5. The molecule has 5 rings (SSSR count). The second-order valence-corrected chi connectivity index (χ2v) is 8.81. The fourth-order valence-corrected chi connectivity index (χ4v) is 5.27. The molecule has 1 aliphatic carbocycles. The van der Waals surface area contributed by atoms with E-state index in [0.717, 1.165) is 45.9 Å². The number of carbonyl (C=O) groups is 2. The number of benzene rings is 2. The molecule has 160 valence electrons. The molecule has 0 bridgehead atoms. The van der Waals surface area contributed by atoms with Crippen LogP contribution in [0.5, 0.6) is 0 Å². The topological polar surface area (TPSA) is 97.1 Å². The summed E-state index contributed by atoms with van der Waals surface area (Å²) in [7, 11) is 0. The third kappa shape index (κ3) is 3.47. The number of nitrogens with zero attached hydrogens (tertiary/aromatic N) is 3. The number of hydrogen-bond acceptors (Lipinski definition) is 5. The maximum Gasteiger partial charge on any atom is 0.337 e. The first-order valence-electron chi connectivity index (χ1n) is 9.90. The van der Waals surface area contributed by atoms with Crippen molar-refractivity contribution in [1.82, 2.24) is 14.8 Å². The fraction of sp³-hybridized carbons (Fsp3) is 0.130. The van der Waals surface area contributed by atoms with Crippen molar-refractivity contribution < 1.29 is 14.7 Å². The minimum atomic E-state index is -1.08. The zero-order chi connectivity index (χ0) is 22.4. The van der Waals surface area contributed by atoms with Crippen LogP contribution in [0.4, 0.5) is 5.13 Å². The average Bonchev–Trinajstić information content (AvgIpc) is 3.34. The molecular formula is C23H17ClN4O3S. The van der Waals surface area contributed by atoms with Crippen LogP contribution in [0.3, 0.4) is 0 Å². The van der Waals surface area contributed by atoms with Gasteiger partial charge < -0.3 is 10.4 Å². The molecule has 0 unspecified atom stereocenters. The van der Waals surface area contributed by atoms with Crippen molar-refractivity contribution in [2.24, 2.45) is 0 Å². The molecule has 2 heterocycles. The van der Waals surface area contributed by atoms with Crippen molar-refractivity contribution in [2.45, 2.75) is 19.8 Å². The molecule has 2 N–H and O–H groups in total. The number of nitrogens with one attached hydrogen (secondary N) is 1. The van der Waals surface area contributed by atoms with Gasteiger partial charge in [-0.25, -0.2) is 14.5 Å². The maximum absolute atomic E-state index is 11.5. The van der Waals surface area contributed by atoms with Crippen LogP contribution in [0.15, 0.2) is 48.5 Å². The number of thiazole rings is 1. The van der Waals surface area contributed by atoms with Crippen molar-refractivity contribution in [3.63, 3.8) is 0 Å². The second-order valence-electron chi connectivity index (χ2n) is 7.40. The minimum absolute atomic E-state index is 0.0335. The highest BCUT2D eigenvalue weighted by molar-refractivity contribution is 7.19. The third-order valence-corrected chi connectivity index (χ3v) is 6.60. The van der Waals surface area contributed by atoms with E-state index < -0.39 is 5.97 Å². The molecule has 0 aliphatic heterocycles. The largest absolute Gasteiger partial charge is 0.478 e. The first-order valence-corrected chi connectivity index (χ1v) is 11.1. The predicted molar refractivity (Wildman–Crippen MR) is 124 cm³/mol. The smallest absolute Gasteiger partial charge is 0.337 e. The number of carboxylic acids is 1. The van der Waals surface area contributed by atoms with E-state index in [0.29, 0.717) is 10.8 Å². The molecule has 0 radical (unpaired) electrons. The van der Waals surface area contributed by atoms with Gasteiger partial charge in [-0.05, 0) is 31.0 Å². The lowest BCUT2D eigenvalue weighted by Gasteiger charge is -2.14. The van der Waals surface area contributed by atoms with E-state index in [-0.39, 0.29) is 16.5 Å². The normalized spacial score (nSPS) is 12.2. The Bertz CT molecular complexity index is 1380.